The lowest BCUT2D eigenvalue weighted by Gasteiger charge is -2.15. The molecule has 0 aliphatic carbocycles. The Morgan fingerprint density at radius 1 is 1.11 bits per heavy atom. The van der Waals surface area contributed by atoms with Crippen molar-refractivity contribution < 1.29 is 0 Å². The van der Waals surface area contributed by atoms with Gasteiger partial charge in [-0.15, -0.1) is 10.2 Å². The molecule has 0 amide bonds. The number of aromatic nitrogens is 3. The Morgan fingerprint density at radius 3 is 2.26 bits per heavy atom. The largest absolute Gasteiger partial charge is 0.232 e. The Morgan fingerprint density at radius 2 is 1.79 bits per heavy atom. The van der Waals surface area contributed by atoms with Crippen LogP contribution in [-0.2, 0) is 5.41 Å². The van der Waals surface area contributed by atoms with Crippen molar-refractivity contribution in [1.82, 2.24) is 15.2 Å². The minimum Gasteiger partial charge on any atom is -0.232 e. The van der Waals surface area contributed by atoms with Crippen LogP contribution in [-0.4, -0.2) is 15.2 Å². The second kappa shape index (κ2) is 5.79. The van der Waals surface area contributed by atoms with E-state index in [0.717, 1.165) is 23.2 Å². The van der Waals surface area contributed by atoms with Gasteiger partial charge >= 0.3 is 0 Å². The van der Waals surface area contributed by atoms with Gasteiger partial charge < -0.3 is 0 Å². The van der Waals surface area contributed by atoms with Crippen molar-refractivity contribution in [3.63, 3.8) is 0 Å². The normalized spacial score (nSPS) is 12.4. The molecule has 0 fully saturated rings. The van der Waals surface area contributed by atoms with E-state index in [1.807, 2.05) is 0 Å². The average molecular weight is 378 g/mol. The van der Waals surface area contributed by atoms with Crippen LogP contribution in [0.4, 0.5) is 0 Å². The first-order chi connectivity index (χ1) is 8.77. The number of nitrogens with zero attached hydrogens (tertiary/aromatic N) is 3. The van der Waals surface area contributed by atoms with Crippen LogP contribution >= 0.6 is 50.4 Å². The van der Waals surface area contributed by atoms with E-state index in [1.54, 1.807) is 34.4 Å². The highest BCUT2D eigenvalue weighted by Crippen LogP contribution is 2.40. The van der Waals surface area contributed by atoms with E-state index in [2.05, 4.69) is 60.7 Å². The zero-order valence-corrected chi connectivity index (χ0v) is 15.6. The fraction of sp³-hybridized carbons (Fsp3) is 0.583. The highest BCUT2D eigenvalue weighted by Gasteiger charge is 2.23. The summed E-state index contributed by atoms with van der Waals surface area (Å²) in [5.41, 5.74) is 1.16. The molecule has 0 radical (unpaired) electrons. The molecule has 2 aromatic rings. The van der Waals surface area contributed by atoms with Crippen LogP contribution in [0.2, 0.25) is 0 Å². The third-order valence-electron chi connectivity index (χ3n) is 2.37. The fourth-order valence-electron chi connectivity index (χ4n) is 1.36. The maximum absolute atomic E-state index is 4.70. The van der Waals surface area contributed by atoms with E-state index in [4.69, 9.17) is 4.98 Å². The Hall–Kier alpha value is 0.0200. The summed E-state index contributed by atoms with van der Waals surface area (Å²) in [7, 11) is 0. The van der Waals surface area contributed by atoms with Crippen molar-refractivity contribution >= 4 is 50.4 Å². The SMILES string of the molecule is CC(C)c1nnc(Sc2nc(C(C)(C)C)c(Br)s2)s1. The molecule has 0 spiro atoms. The average Bonchev–Trinajstić information content (AvgIpc) is 2.85. The van der Waals surface area contributed by atoms with E-state index in [-0.39, 0.29) is 5.41 Å². The number of thiazole rings is 1. The molecule has 2 rings (SSSR count). The summed E-state index contributed by atoms with van der Waals surface area (Å²) in [6.45, 7) is 10.8. The van der Waals surface area contributed by atoms with Gasteiger partial charge in [0.1, 0.15) is 5.01 Å². The minimum atomic E-state index is 0.0539. The van der Waals surface area contributed by atoms with Crippen LogP contribution in [0.1, 0.15) is 51.2 Å². The van der Waals surface area contributed by atoms with E-state index in [1.165, 1.54) is 0 Å². The summed E-state index contributed by atoms with van der Waals surface area (Å²) < 4.78 is 3.09. The zero-order chi connectivity index (χ0) is 14.2. The third kappa shape index (κ3) is 3.77. The van der Waals surface area contributed by atoms with Gasteiger partial charge in [-0.05, 0) is 27.7 Å². The lowest BCUT2D eigenvalue weighted by atomic mass is 9.93. The zero-order valence-electron chi connectivity index (χ0n) is 11.5. The highest BCUT2D eigenvalue weighted by atomic mass is 79.9. The summed E-state index contributed by atoms with van der Waals surface area (Å²) in [6, 6.07) is 0. The molecule has 0 N–H and O–H groups in total. The van der Waals surface area contributed by atoms with E-state index in [9.17, 15) is 0 Å². The second-order valence-electron chi connectivity index (χ2n) is 5.52. The lowest BCUT2D eigenvalue weighted by Crippen LogP contribution is -2.12. The topological polar surface area (TPSA) is 38.7 Å². The van der Waals surface area contributed by atoms with Gasteiger partial charge in [0.25, 0.3) is 0 Å². The van der Waals surface area contributed by atoms with Crippen LogP contribution in [0.3, 0.4) is 0 Å². The van der Waals surface area contributed by atoms with Gasteiger partial charge in [0.15, 0.2) is 8.68 Å². The summed E-state index contributed by atoms with van der Waals surface area (Å²) in [4.78, 5) is 4.70. The van der Waals surface area contributed by atoms with Gasteiger partial charge in [-0.1, -0.05) is 57.3 Å². The molecule has 0 atom stereocenters. The maximum atomic E-state index is 4.70. The standard InChI is InChI=1S/C12H16BrN3S3/c1-6(2)9-15-16-11(18-9)19-10-14-7(8(13)17-10)12(3,4)5/h6H,1-5H3. The molecule has 3 nitrogen and oxygen atoms in total. The molecule has 2 heterocycles. The predicted molar refractivity (Wildman–Crippen MR) is 86.6 cm³/mol. The molecular formula is C12H16BrN3S3. The number of hydrogen-bond donors (Lipinski definition) is 0. The van der Waals surface area contributed by atoms with Crippen LogP contribution in [0.5, 0.6) is 0 Å². The first kappa shape index (κ1) is 15.4. The molecule has 0 saturated carbocycles. The molecule has 7 heteroatoms. The van der Waals surface area contributed by atoms with Crippen LogP contribution < -0.4 is 0 Å². The van der Waals surface area contributed by atoms with Gasteiger partial charge in [-0.2, -0.15) is 0 Å². The molecular weight excluding hydrogens is 362 g/mol. The first-order valence-corrected chi connectivity index (χ1v) is 9.19. The molecule has 0 unspecified atom stereocenters. The van der Waals surface area contributed by atoms with Gasteiger partial charge in [-0.25, -0.2) is 4.98 Å². The number of halogens is 1. The van der Waals surface area contributed by atoms with Crippen molar-refractivity contribution in [1.29, 1.82) is 0 Å². The van der Waals surface area contributed by atoms with Crippen molar-refractivity contribution in [2.24, 2.45) is 0 Å². The maximum Gasteiger partial charge on any atom is 0.181 e. The Kier molecular flexibility index (Phi) is 4.70. The molecule has 0 aromatic carbocycles. The minimum absolute atomic E-state index is 0.0539. The van der Waals surface area contributed by atoms with Gasteiger partial charge in [0.2, 0.25) is 0 Å². The number of rotatable bonds is 3. The van der Waals surface area contributed by atoms with Gasteiger partial charge in [0.05, 0.1) is 9.48 Å². The highest BCUT2D eigenvalue weighted by molar-refractivity contribution is 9.11. The third-order valence-corrected chi connectivity index (χ3v) is 6.41. The summed E-state index contributed by atoms with van der Waals surface area (Å²) in [5, 5.41) is 9.50. The van der Waals surface area contributed by atoms with Gasteiger partial charge in [-0.3, -0.25) is 0 Å². The van der Waals surface area contributed by atoms with Crippen molar-refractivity contribution in [2.75, 3.05) is 0 Å². The van der Waals surface area contributed by atoms with E-state index < -0.39 is 0 Å². The van der Waals surface area contributed by atoms with Crippen LogP contribution in [0, 0.1) is 0 Å². The first-order valence-electron chi connectivity index (χ1n) is 5.95. The quantitative estimate of drug-likeness (QED) is 0.724. The predicted octanol–water partition coefficient (Wildman–Crippen LogP) is 5.33. The van der Waals surface area contributed by atoms with Crippen molar-refractivity contribution in [2.45, 2.75) is 54.6 Å². The molecule has 0 saturated heterocycles. The number of hydrogen-bond acceptors (Lipinski definition) is 6. The van der Waals surface area contributed by atoms with Crippen molar-refractivity contribution in [3.05, 3.63) is 14.5 Å². The molecule has 0 aliphatic rings. The summed E-state index contributed by atoms with van der Waals surface area (Å²) in [6.07, 6.45) is 0. The summed E-state index contributed by atoms with van der Waals surface area (Å²) in [5.74, 6) is 0.431. The summed E-state index contributed by atoms with van der Waals surface area (Å²) >= 11 is 8.52. The van der Waals surface area contributed by atoms with Gasteiger partial charge in [0, 0.05) is 11.3 Å². The molecule has 2 aromatic heterocycles. The molecule has 0 aliphatic heterocycles. The van der Waals surface area contributed by atoms with E-state index >= 15 is 0 Å². The molecule has 0 bridgehead atoms. The Bertz CT molecular complexity index is 569. The second-order valence-corrected chi connectivity index (χ2v) is 10.3. The van der Waals surface area contributed by atoms with Crippen LogP contribution in [0.15, 0.2) is 12.5 Å². The Labute approximate surface area is 134 Å². The van der Waals surface area contributed by atoms with Crippen molar-refractivity contribution in [3.8, 4) is 0 Å². The monoisotopic (exact) mass is 377 g/mol. The fourth-order valence-corrected chi connectivity index (χ4v) is 5.98. The lowest BCUT2D eigenvalue weighted by molar-refractivity contribution is 0.567. The molecule has 104 valence electrons. The smallest absolute Gasteiger partial charge is 0.181 e. The van der Waals surface area contributed by atoms with Crippen LogP contribution in [0.25, 0.3) is 0 Å². The van der Waals surface area contributed by atoms with E-state index in [0.29, 0.717) is 5.92 Å². The Balaban J connectivity index is 2.19. The molecule has 19 heavy (non-hydrogen) atoms.